The second-order valence-corrected chi connectivity index (χ2v) is 3.18. The van der Waals surface area contributed by atoms with Crippen LogP contribution in [0.1, 0.15) is 16.7 Å². The molecular formula is C10H15NO3. The van der Waals surface area contributed by atoms with E-state index in [9.17, 15) is 5.11 Å². The van der Waals surface area contributed by atoms with Crippen LogP contribution in [0.2, 0.25) is 0 Å². The van der Waals surface area contributed by atoms with E-state index in [1.54, 1.807) is 0 Å². The van der Waals surface area contributed by atoms with E-state index in [1.807, 2.05) is 19.9 Å². The summed E-state index contributed by atoms with van der Waals surface area (Å²) in [7, 11) is 1.52. The van der Waals surface area contributed by atoms with Gasteiger partial charge in [-0.1, -0.05) is 6.07 Å². The summed E-state index contributed by atoms with van der Waals surface area (Å²) < 4.78 is 5.07. The maximum absolute atomic E-state index is 9.82. The highest BCUT2D eigenvalue weighted by Crippen LogP contribution is 2.35. The van der Waals surface area contributed by atoms with E-state index in [-0.39, 0.29) is 12.4 Å². The van der Waals surface area contributed by atoms with Gasteiger partial charge >= 0.3 is 0 Å². The lowest BCUT2D eigenvalue weighted by molar-refractivity contribution is 0.121. The third kappa shape index (κ3) is 1.81. The molecule has 0 bridgehead atoms. The second kappa shape index (κ2) is 4.30. The zero-order valence-electron chi connectivity index (χ0n) is 8.63. The molecule has 4 heteroatoms. The fourth-order valence-electron chi connectivity index (χ4n) is 1.51. The Hall–Kier alpha value is -1.26. The first-order valence-corrected chi connectivity index (χ1v) is 4.29. The van der Waals surface area contributed by atoms with Gasteiger partial charge in [-0.05, 0) is 25.0 Å². The average molecular weight is 197 g/mol. The lowest BCUT2D eigenvalue weighted by atomic mass is 10.0. The van der Waals surface area contributed by atoms with Crippen molar-refractivity contribution in [2.75, 3.05) is 7.11 Å². The van der Waals surface area contributed by atoms with Gasteiger partial charge in [0, 0.05) is 5.56 Å². The molecule has 0 aliphatic carbocycles. The minimum absolute atomic E-state index is 0.107. The number of hydrogen-bond donors (Lipinski definition) is 2. The molecule has 0 heterocycles. The van der Waals surface area contributed by atoms with E-state index in [0.29, 0.717) is 11.3 Å². The number of aryl methyl sites for hydroxylation is 2. The standard InChI is InChI=1S/C10H15NO3/c1-6-4-7(2)10(13-3)9(12)8(6)5-14-11/h4,12H,5,11H2,1-3H3. The summed E-state index contributed by atoms with van der Waals surface area (Å²) in [6.45, 7) is 3.94. The van der Waals surface area contributed by atoms with Crippen molar-refractivity contribution in [3.05, 3.63) is 22.8 Å². The molecule has 3 N–H and O–H groups in total. The predicted octanol–water partition coefficient (Wildman–Crippen LogP) is 1.41. The number of phenolic OH excluding ortho intramolecular Hbond substituents is 1. The number of ether oxygens (including phenoxy) is 1. The highest BCUT2D eigenvalue weighted by Gasteiger charge is 2.13. The lowest BCUT2D eigenvalue weighted by Gasteiger charge is -2.13. The fraction of sp³-hybridized carbons (Fsp3) is 0.400. The summed E-state index contributed by atoms with van der Waals surface area (Å²) in [4.78, 5) is 4.51. The van der Waals surface area contributed by atoms with Gasteiger partial charge in [-0.25, -0.2) is 5.90 Å². The molecule has 0 radical (unpaired) electrons. The van der Waals surface area contributed by atoms with Gasteiger partial charge in [0.1, 0.15) is 0 Å². The predicted molar refractivity (Wildman–Crippen MR) is 53.1 cm³/mol. The van der Waals surface area contributed by atoms with Crippen LogP contribution >= 0.6 is 0 Å². The van der Waals surface area contributed by atoms with Crippen molar-refractivity contribution in [2.24, 2.45) is 5.90 Å². The van der Waals surface area contributed by atoms with Gasteiger partial charge in [0.2, 0.25) is 0 Å². The topological polar surface area (TPSA) is 64.7 Å². The van der Waals surface area contributed by atoms with Crippen LogP contribution in [-0.4, -0.2) is 12.2 Å². The number of methoxy groups -OCH3 is 1. The molecular weight excluding hydrogens is 182 g/mol. The number of hydrogen-bond acceptors (Lipinski definition) is 4. The minimum atomic E-state index is 0.107. The maximum Gasteiger partial charge on any atom is 0.163 e. The first-order valence-electron chi connectivity index (χ1n) is 4.29. The van der Waals surface area contributed by atoms with E-state index >= 15 is 0 Å². The molecule has 78 valence electrons. The molecule has 0 amide bonds. The SMILES string of the molecule is COc1c(C)cc(C)c(CON)c1O. The highest BCUT2D eigenvalue weighted by molar-refractivity contribution is 5.53. The third-order valence-corrected chi connectivity index (χ3v) is 2.20. The molecule has 1 aromatic rings. The number of phenols is 1. The summed E-state index contributed by atoms with van der Waals surface area (Å²) in [5.41, 5.74) is 2.49. The molecule has 0 aliphatic rings. The zero-order valence-corrected chi connectivity index (χ0v) is 8.63. The molecule has 0 fully saturated rings. The van der Waals surface area contributed by atoms with Crippen LogP contribution in [-0.2, 0) is 11.4 Å². The van der Waals surface area contributed by atoms with Crippen LogP contribution in [0.15, 0.2) is 6.07 Å². The largest absolute Gasteiger partial charge is 0.504 e. The third-order valence-electron chi connectivity index (χ3n) is 2.20. The second-order valence-electron chi connectivity index (χ2n) is 3.18. The number of rotatable bonds is 3. The molecule has 14 heavy (non-hydrogen) atoms. The number of nitrogens with two attached hydrogens (primary N) is 1. The smallest absolute Gasteiger partial charge is 0.163 e. The van der Waals surface area contributed by atoms with Crippen LogP contribution in [0, 0.1) is 13.8 Å². The molecule has 1 aromatic carbocycles. The highest BCUT2D eigenvalue weighted by atomic mass is 16.6. The minimum Gasteiger partial charge on any atom is -0.504 e. The van der Waals surface area contributed by atoms with Crippen molar-refractivity contribution in [3.8, 4) is 11.5 Å². The fourth-order valence-corrected chi connectivity index (χ4v) is 1.51. The summed E-state index contributed by atoms with van der Waals surface area (Å²) in [6, 6.07) is 1.92. The van der Waals surface area contributed by atoms with E-state index in [0.717, 1.165) is 11.1 Å². The van der Waals surface area contributed by atoms with Gasteiger partial charge in [-0.15, -0.1) is 0 Å². The van der Waals surface area contributed by atoms with Crippen LogP contribution < -0.4 is 10.6 Å². The molecule has 4 nitrogen and oxygen atoms in total. The first kappa shape index (κ1) is 10.8. The van der Waals surface area contributed by atoms with E-state index < -0.39 is 0 Å². The first-order chi connectivity index (χ1) is 6.61. The van der Waals surface area contributed by atoms with Gasteiger partial charge in [0.25, 0.3) is 0 Å². The van der Waals surface area contributed by atoms with Gasteiger partial charge in [-0.3, -0.25) is 4.84 Å². The molecule has 0 saturated carbocycles. The Labute approximate surface area is 83.2 Å². The normalized spacial score (nSPS) is 10.3. The van der Waals surface area contributed by atoms with E-state index in [1.165, 1.54) is 7.11 Å². The summed E-state index contributed by atoms with van der Waals surface area (Å²) in [6.07, 6.45) is 0. The summed E-state index contributed by atoms with van der Waals surface area (Å²) in [5, 5.41) is 9.82. The Balaban J connectivity index is 3.28. The van der Waals surface area contributed by atoms with E-state index in [4.69, 9.17) is 10.6 Å². The molecule has 0 aliphatic heterocycles. The van der Waals surface area contributed by atoms with Crippen LogP contribution in [0.25, 0.3) is 0 Å². The van der Waals surface area contributed by atoms with Gasteiger partial charge in [0.05, 0.1) is 13.7 Å². The van der Waals surface area contributed by atoms with Crippen LogP contribution in [0.3, 0.4) is 0 Å². The van der Waals surface area contributed by atoms with Crippen molar-refractivity contribution in [1.82, 2.24) is 0 Å². The summed E-state index contributed by atoms with van der Waals surface area (Å²) in [5.74, 6) is 5.56. The van der Waals surface area contributed by atoms with Crippen molar-refractivity contribution in [3.63, 3.8) is 0 Å². The molecule has 0 unspecified atom stereocenters. The maximum atomic E-state index is 9.82. The lowest BCUT2D eigenvalue weighted by Crippen LogP contribution is -2.02. The molecule has 0 atom stereocenters. The number of benzene rings is 1. The Bertz CT molecular complexity index is 337. The number of aromatic hydroxyl groups is 1. The molecule has 0 saturated heterocycles. The average Bonchev–Trinajstić information content (AvgIpc) is 2.12. The van der Waals surface area contributed by atoms with Crippen molar-refractivity contribution < 1.29 is 14.7 Å². The van der Waals surface area contributed by atoms with Crippen molar-refractivity contribution in [1.29, 1.82) is 0 Å². The van der Waals surface area contributed by atoms with Crippen LogP contribution in [0.4, 0.5) is 0 Å². The zero-order chi connectivity index (χ0) is 10.7. The quantitative estimate of drug-likeness (QED) is 0.719. The Morgan fingerprint density at radius 1 is 1.36 bits per heavy atom. The Morgan fingerprint density at radius 2 is 2.00 bits per heavy atom. The summed E-state index contributed by atoms with van der Waals surface area (Å²) >= 11 is 0. The Morgan fingerprint density at radius 3 is 2.50 bits per heavy atom. The van der Waals surface area contributed by atoms with Gasteiger partial charge < -0.3 is 9.84 Å². The molecule has 0 spiro atoms. The van der Waals surface area contributed by atoms with Crippen molar-refractivity contribution in [2.45, 2.75) is 20.5 Å². The van der Waals surface area contributed by atoms with Crippen molar-refractivity contribution >= 4 is 0 Å². The van der Waals surface area contributed by atoms with E-state index in [2.05, 4.69) is 4.84 Å². The molecule has 0 aromatic heterocycles. The monoisotopic (exact) mass is 197 g/mol. The van der Waals surface area contributed by atoms with Gasteiger partial charge in [0.15, 0.2) is 11.5 Å². The molecule has 1 rings (SSSR count). The Kier molecular flexibility index (Phi) is 3.33. The van der Waals surface area contributed by atoms with Crippen LogP contribution in [0.5, 0.6) is 11.5 Å². The van der Waals surface area contributed by atoms with Gasteiger partial charge in [-0.2, -0.15) is 0 Å².